The number of benzene rings is 2. The Morgan fingerprint density at radius 1 is 0.850 bits per heavy atom. The van der Waals surface area contributed by atoms with Gasteiger partial charge in [0.2, 0.25) is 0 Å². The van der Waals surface area contributed by atoms with Crippen molar-refractivity contribution in [1.29, 1.82) is 0 Å². The fraction of sp³-hybridized carbons (Fsp3) is 0.316. The summed E-state index contributed by atoms with van der Waals surface area (Å²) in [4.78, 5) is 12.3. The SMILES string of the molecule is CCCCCc1ccc(C(=O)c2ccc(C)cc2)cc1. The predicted octanol–water partition coefficient (Wildman–Crippen LogP) is 4.96. The molecule has 0 saturated carbocycles. The smallest absolute Gasteiger partial charge is 0.193 e. The summed E-state index contributed by atoms with van der Waals surface area (Å²) in [6, 6.07) is 15.8. The summed E-state index contributed by atoms with van der Waals surface area (Å²) < 4.78 is 0. The van der Waals surface area contributed by atoms with Gasteiger partial charge in [0.25, 0.3) is 0 Å². The van der Waals surface area contributed by atoms with E-state index in [0.29, 0.717) is 0 Å². The molecule has 0 unspecified atom stereocenters. The Morgan fingerprint density at radius 2 is 1.40 bits per heavy atom. The van der Waals surface area contributed by atoms with Crippen LogP contribution in [-0.4, -0.2) is 5.78 Å². The normalized spacial score (nSPS) is 10.5. The van der Waals surface area contributed by atoms with Gasteiger partial charge in [0.05, 0.1) is 0 Å². The number of rotatable bonds is 6. The molecule has 0 aliphatic rings. The minimum Gasteiger partial charge on any atom is -0.289 e. The van der Waals surface area contributed by atoms with Crippen LogP contribution < -0.4 is 0 Å². The van der Waals surface area contributed by atoms with Crippen LogP contribution in [-0.2, 0) is 6.42 Å². The van der Waals surface area contributed by atoms with E-state index in [1.165, 1.54) is 30.4 Å². The largest absolute Gasteiger partial charge is 0.289 e. The molecule has 0 heterocycles. The van der Waals surface area contributed by atoms with Crippen molar-refractivity contribution in [3.05, 3.63) is 70.8 Å². The molecule has 0 atom stereocenters. The Labute approximate surface area is 121 Å². The van der Waals surface area contributed by atoms with Gasteiger partial charge in [-0.25, -0.2) is 0 Å². The second kappa shape index (κ2) is 7.04. The van der Waals surface area contributed by atoms with Gasteiger partial charge in [-0.15, -0.1) is 0 Å². The molecule has 0 fully saturated rings. The maximum absolute atomic E-state index is 12.3. The number of carbonyl (C=O) groups is 1. The van der Waals surface area contributed by atoms with Crippen molar-refractivity contribution in [2.24, 2.45) is 0 Å². The first-order chi connectivity index (χ1) is 9.70. The van der Waals surface area contributed by atoms with Gasteiger partial charge >= 0.3 is 0 Å². The van der Waals surface area contributed by atoms with Crippen LogP contribution in [0.4, 0.5) is 0 Å². The van der Waals surface area contributed by atoms with E-state index in [9.17, 15) is 4.79 Å². The summed E-state index contributed by atoms with van der Waals surface area (Å²) in [5.41, 5.74) is 4.02. The van der Waals surface area contributed by atoms with E-state index < -0.39 is 0 Å². The first-order valence-electron chi connectivity index (χ1n) is 7.41. The zero-order chi connectivity index (χ0) is 14.4. The minimum absolute atomic E-state index is 0.102. The van der Waals surface area contributed by atoms with Crippen LogP contribution in [0.2, 0.25) is 0 Å². The standard InChI is InChI=1S/C19H22O/c1-3-4-5-6-16-9-13-18(14-10-16)19(20)17-11-7-15(2)8-12-17/h7-14H,3-6H2,1-2H3. The predicted molar refractivity (Wildman–Crippen MR) is 84.3 cm³/mol. The Morgan fingerprint density at radius 3 is 1.95 bits per heavy atom. The molecule has 0 amide bonds. The third-order valence-electron chi connectivity index (χ3n) is 3.60. The first kappa shape index (κ1) is 14.5. The molecular weight excluding hydrogens is 244 g/mol. The molecule has 2 aromatic rings. The molecule has 0 radical (unpaired) electrons. The lowest BCUT2D eigenvalue weighted by Gasteiger charge is -2.04. The quantitative estimate of drug-likeness (QED) is 0.533. The van der Waals surface area contributed by atoms with Crippen LogP contribution in [0.5, 0.6) is 0 Å². The van der Waals surface area contributed by atoms with E-state index in [1.807, 2.05) is 43.3 Å². The highest BCUT2D eigenvalue weighted by Gasteiger charge is 2.08. The van der Waals surface area contributed by atoms with Crippen molar-refractivity contribution < 1.29 is 4.79 Å². The summed E-state index contributed by atoms with van der Waals surface area (Å²) >= 11 is 0. The molecular formula is C19H22O. The highest BCUT2D eigenvalue weighted by molar-refractivity contribution is 6.08. The fourth-order valence-electron chi connectivity index (χ4n) is 2.27. The van der Waals surface area contributed by atoms with E-state index in [2.05, 4.69) is 19.1 Å². The van der Waals surface area contributed by atoms with Crippen molar-refractivity contribution in [3.8, 4) is 0 Å². The van der Waals surface area contributed by atoms with E-state index in [0.717, 1.165) is 17.5 Å². The van der Waals surface area contributed by atoms with Crippen molar-refractivity contribution in [1.82, 2.24) is 0 Å². The fourth-order valence-corrected chi connectivity index (χ4v) is 2.27. The number of hydrogen-bond donors (Lipinski definition) is 0. The van der Waals surface area contributed by atoms with Gasteiger partial charge < -0.3 is 0 Å². The third-order valence-corrected chi connectivity index (χ3v) is 3.60. The number of carbonyl (C=O) groups excluding carboxylic acids is 1. The van der Waals surface area contributed by atoms with Crippen molar-refractivity contribution >= 4 is 5.78 Å². The molecule has 1 nitrogen and oxygen atoms in total. The van der Waals surface area contributed by atoms with Crippen LogP contribution >= 0.6 is 0 Å². The summed E-state index contributed by atoms with van der Waals surface area (Å²) in [5, 5.41) is 0. The molecule has 0 bridgehead atoms. The Hall–Kier alpha value is -1.89. The zero-order valence-electron chi connectivity index (χ0n) is 12.4. The lowest BCUT2D eigenvalue weighted by molar-refractivity contribution is 0.103. The van der Waals surface area contributed by atoms with Crippen molar-refractivity contribution in [3.63, 3.8) is 0 Å². The average molecular weight is 266 g/mol. The second-order valence-electron chi connectivity index (χ2n) is 5.35. The zero-order valence-corrected chi connectivity index (χ0v) is 12.4. The Kier molecular flexibility index (Phi) is 5.11. The lowest BCUT2D eigenvalue weighted by Crippen LogP contribution is -2.01. The Bertz CT molecular complexity index is 549. The number of ketones is 1. The molecule has 2 rings (SSSR count). The average Bonchev–Trinajstić information content (AvgIpc) is 2.48. The Balaban J connectivity index is 2.05. The summed E-state index contributed by atoms with van der Waals surface area (Å²) in [6.07, 6.45) is 4.84. The number of hydrogen-bond acceptors (Lipinski definition) is 1. The van der Waals surface area contributed by atoms with Crippen LogP contribution in [0.25, 0.3) is 0 Å². The maximum atomic E-state index is 12.3. The maximum Gasteiger partial charge on any atom is 0.193 e. The van der Waals surface area contributed by atoms with Crippen LogP contribution in [0.1, 0.15) is 53.2 Å². The third kappa shape index (κ3) is 3.80. The molecule has 0 aliphatic carbocycles. The van der Waals surface area contributed by atoms with Gasteiger partial charge in [-0.2, -0.15) is 0 Å². The van der Waals surface area contributed by atoms with E-state index in [-0.39, 0.29) is 5.78 Å². The van der Waals surface area contributed by atoms with Gasteiger partial charge in [-0.1, -0.05) is 73.9 Å². The second-order valence-corrected chi connectivity index (χ2v) is 5.35. The monoisotopic (exact) mass is 266 g/mol. The van der Waals surface area contributed by atoms with Crippen LogP contribution in [0, 0.1) is 6.92 Å². The lowest BCUT2D eigenvalue weighted by atomic mass is 9.99. The van der Waals surface area contributed by atoms with Crippen molar-refractivity contribution in [2.75, 3.05) is 0 Å². The molecule has 1 heteroatoms. The highest BCUT2D eigenvalue weighted by atomic mass is 16.1. The van der Waals surface area contributed by atoms with E-state index >= 15 is 0 Å². The molecule has 0 aromatic heterocycles. The summed E-state index contributed by atoms with van der Waals surface area (Å²) in [7, 11) is 0. The molecule has 0 N–H and O–H groups in total. The van der Waals surface area contributed by atoms with Crippen molar-refractivity contribution in [2.45, 2.75) is 39.5 Å². The van der Waals surface area contributed by atoms with Crippen LogP contribution in [0.3, 0.4) is 0 Å². The van der Waals surface area contributed by atoms with Gasteiger partial charge in [-0.3, -0.25) is 4.79 Å². The molecule has 2 aromatic carbocycles. The number of unbranched alkanes of at least 4 members (excludes halogenated alkanes) is 2. The molecule has 0 spiro atoms. The highest BCUT2D eigenvalue weighted by Crippen LogP contribution is 2.13. The molecule has 104 valence electrons. The summed E-state index contributed by atoms with van der Waals surface area (Å²) in [6.45, 7) is 4.24. The topological polar surface area (TPSA) is 17.1 Å². The summed E-state index contributed by atoms with van der Waals surface area (Å²) in [5.74, 6) is 0.102. The molecule has 0 saturated heterocycles. The van der Waals surface area contributed by atoms with Gasteiger partial charge in [0.15, 0.2) is 5.78 Å². The van der Waals surface area contributed by atoms with E-state index in [4.69, 9.17) is 0 Å². The number of aryl methyl sites for hydroxylation is 2. The van der Waals surface area contributed by atoms with E-state index in [1.54, 1.807) is 0 Å². The molecule has 0 aliphatic heterocycles. The molecule has 20 heavy (non-hydrogen) atoms. The minimum atomic E-state index is 0.102. The van der Waals surface area contributed by atoms with Gasteiger partial charge in [0, 0.05) is 11.1 Å². The van der Waals surface area contributed by atoms with Gasteiger partial charge in [0.1, 0.15) is 0 Å². The first-order valence-corrected chi connectivity index (χ1v) is 7.41. The van der Waals surface area contributed by atoms with Crippen LogP contribution in [0.15, 0.2) is 48.5 Å². The van der Waals surface area contributed by atoms with Gasteiger partial charge in [-0.05, 0) is 25.3 Å².